The van der Waals surface area contributed by atoms with Crippen molar-refractivity contribution in [2.45, 2.75) is 33.4 Å². The van der Waals surface area contributed by atoms with Gasteiger partial charge in [0.15, 0.2) is 5.75 Å². The Labute approximate surface area is 113 Å². The van der Waals surface area contributed by atoms with Gasteiger partial charge in [-0.25, -0.2) is 0 Å². The molecule has 0 bridgehead atoms. The van der Waals surface area contributed by atoms with Crippen molar-refractivity contribution < 1.29 is 9.47 Å². The smallest absolute Gasteiger partial charge is 0.157 e. The lowest BCUT2D eigenvalue weighted by molar-refractivity contribution is 0.299. The van der Waals surface area contributed by atoms with Crippen molar-refractivity contribution >= 4 is 0 Å². The van der Waals surface area contributed by atoms with Gasteiger partial charge in [-0.3, -0.25) is 9.67 Å². The van der Waals surface area contributed by atoms with Crippen LogP contribution in [0.1, 0.15) is 31.3 Å². The zero-order chi connectivity index (χ0) is 13.8. The average molecular weight is 261 g/mol. The minimum atomic E-state index is 0.328. The molecule has 0 aliphatic heterocycles. The van der Waals surface area contributed by atoms with Gasteiger partial charge in [-0.15, -0.1) is 0 Å². The average Bonchev–Trinajstić information content (AvgIpc) is 2.84. The second-order valence-electron chi connectivity index (χ2n) is 4.68. The van der Waals surface area contributed by atoms with Crippen LogP contribution in [-0.4, -0.2) is 21.9 Å². The lowest BCUT2D eigenvalue weighted by atomic mass is 10.3. The molecule has 0 saturated heterocycles. The summed E-state index contributed by atoms with van der Waals surface area (Å²) in [5, 5.41) is 4.23. The summed E-state index contributed by atoms with van der Waals surface area (Å²) in [6.07, 6.45) is 3.60. The van der Waals surface area contributed by atoms with Gasteiger partial charge < -0.3 is 9.47 Å². The van der Waals surface area contributed by atoms with Crippen LogP contribution in [-0.2, 0) is 6.61 Å². The molecule has 5 nitrogen and oxygen atoms in total. The molecule has 2 rings (SSSR count). The van der Waals surface area contributed by atoms with E-state index in [1.54, 1.807) is 13.3 Å². The first kappa shape index (κ1) is 13.4. The van der Waals surface area contributed by atoms with Crippen molar-refractivity contribution in [2.75, 3.05) is 7.11 Å². The molecule has 2 aromatic heterocycles. The highest BCUT2D eigenvalue weighted by atomic mass is 16.5. The van der Waals surface area contributed by atoms with Gasteiger partial charge in [0, 0.05) is 23.9 Å². The molecule has 0 aliphatic carbocycles. The summed E-state index contributed by atoms with van der Waals surface area (Å²) in [5.41, 5.74) is 1.75. The van der Waals surface area contributed by atoms with Crippen molar-refractivity contribution in [2.24, 2.45) is 0 Å². The number of aryl methyl sites for hydroxylation is 1. The second-order valence-corrected chi connectivity index (χ2v) is 4.68. The number of rotatable bonds is 5. The molecular weight excluding hydrogens is 242 g/mol. The van der Waals surface area contributed by atoms with E-state index in [-0.39, 0.29) is 0 Å². The molecule has 0 radical (unpaired) electrons. The standard InChI is InChI=1S/C14H19N3O2/c1-10(2)17-8-14(7-15-17)19-9-12-6-13(18-4)5-11(3)16-12/h5-8,10H,9H2,1-4H3. The van der Waals surface area contributed by atoms with Crippen LogP contribution in [0.5, 0.6) is 11.5 Å². The zero-order valence-corrected chi connectivity index (χ0v) is 11.8. The minimum absolute atomic E-state index is 0.328. The Balaban J connectivity index is 2.03. The summed E-state index contributed by atoms with van der Waals surface area (Å²) in [5.74, 6) is 1.54. The predicted octanol–water partition coefficient (Wildman–Crippen LogP) is 2.76. The molecule has 102 valence electrons. The third-order valence-corrected chi connectivity index (χ3v) is 2.71. The fraction of sp³-hybridized carbons (Fsp3) is 0.429. The molecule has 0 amide bonds. The molecule has 5 heteroatoms. The number of hydrogen-bond acceptors (Lipinski definition) is 4. The van der Waals surface area contributed by atoms with Crippen LogP contribution >= 0.6 is 0 Å². The van der Waals surface area contributed by atoms with Gasteiger partial charge >= 0.3 is 0 Å². The molecule has 2 heterocycles. The SMILES string of the molecule is COc1cc(C)nc(COc2cnn(C(C)C)c2)c1. The van der Waals surface area contributed by atoms with Gasteiger partial charge in [0.25, 0.3) is 0 Å². The summed E-state index contributed by atoms with van der Waals surface area (Å²) in [4.78, 5) is 4.41. The highest BCUT2D eigenvalue weighted by molar-refractivity contribution is 5.26. The van der Waals surface area contributed by atoms with Gasteiger partial charge in [-0.05, 0) is 20.8 Å². The fourth-order valence-electron chi connectivity index (χ4n) is 1.73. The maximum atomic E-state index is 5.68. The van der Waals surface area contributed by atoms with E-state index in [9.17, 15) is 0 Å². The molecule has 0 spiro atoms. The number of methoxy groups -OCH3 is 1. The number of pyridine rings is 1. The molecule has 0 aromatic carbocycles. The quantitative estimate of drug-likeness (QED) is 0.830. The Bertz CT molecular complexity index is 549. The number of nitrogens with zero attached hydrogens (tertiary/aromatic N) is 3. The van der Waals surface area contributed by atoms with E-state index < -0.39 is 0 Å². The first-order valence-corrected chi connectivity index (χ1v) is 6.27. The summed E-state index contributed by atoms with van der Waals surface area (Å²) in [7, 11) is 1.64. The van der Waals surface area contributed by atoms with E-state index in [4.69, 9.17) is 9.47 Å². The van der Waals surface area contributed by atoms with E-state index in [1.165, 1.54) is 0 Å². The Kier molecular flexibility index (Phi) is 4.04. The number of hydrogen-bond donors (Lipinski definition) is 0. The van der Waals surface area contributed by atoms with Gasteiger partial charge in [-0.2, -0.15) is 5.10 Å². The van der Waals surface area contributed by atoms with Gasteiger partial charge in [0.1, 0.15) is 12.4 Å². The Morgan fingerprint density at radius 3 is 2.68 bits per heavy atom. The van der Waals surface area contributed by atoms with E-state index in [0.717, 1.165) is 22.9 Å². The molecule has 0 N–H and O–H groups in total. The highest BCUT2D eigenvalue weighted by Gasteiger charge is 2.05. The third-order valence-electron chi connectivity index (χ3n) is 2.71. The van der Waals surface area contributed by atoms with Crippen molar-refractivity contribution in [3.8, 4) is 11.5 Å². The van der Waals surface area contributed by atoms with Crippen molar-refractivity contribution in [1.29, 1.82) is 0 Å². The molecule has 19 heavy (non-hydrogen) atoms. The van der Waals surface area contributed by atoms with Gasteiger partial charge in [0.2, 0.25) is 0 Å². The molecular formula is C14H19N3O2. The lowest BCUT2D eigenvalue weighted by Crippen LogP contribution is -2.01. The minimum Gasteiger partial charge on any atom is -0.497 e. The Morgan fingerprint density at radius 2 is 2.05 bits per heavy atom. The van der Waals surface area contributed by atoms with Crippen LogP contribution in [0.3, 0.4) is 0 Å². The fourth-order valence-corrected chi connectivity index (χ4v) is 1.73. The van der Waals surface area contributed by atoms with Crippen LogP contribution in [0.25, 0.3) is 0 Å². The molecule has 0 aliphatic rings. The largest absolute Gasteiger partial charge is 0.497 e. The van der Waals surface area contributed by atoms with Crippen LogP contribution in [0.15, 0.2) is 24.5 Å². The molecule has 0 atom stereocenters. The Hall–Kier alpha value is -2.04. The molecule has 2 aromatic rings. The summed E-state index contributed by atoms with van der Waals surface area (Å²) in [6, 6.07) is 4.09. The summed E-state index contributed by atoms with van der Waals surface area (Å²) in [6.45, 7) is 6.48. The highest BCUT2D eigenvalue weighted by Crippen LogP contribution is 2.17. The topological polar surface area (TPSA) is 49.2 Å². The van der Waals surface area contributed by atoms with Gasteiger partial charge in [0.05, 0.1) is 25.2 Å². The number of aromatic nitrogens is 3. The van der Waals surface area contributed by atoms with Crippen molar-refractivity contribution in [1.82, 2.24) is 14.8 Å². The summed E-state index contributed by atoms with van der Waals surface area (Å²) >= 11 is 0. The van der Waals surface area contributed by atoms with E-state index in [1.807, 2.05) is 29.9 Å². The monoisotopic (exact) mass is 261 g/mol. The maximum Gasteiger partial charge on any atom is 0.157 e. The second kappa shape index (κ2) is 5.73. The van der Waals surface area contributed by atoms with Gasteiger partial charge in [-0.1, -0.05) is 0 Å². The maximum absolute atomic E-state index is 5.68. The van der Waals surface area contributed by atoms with Crippen LogP contribution in [0.4, 0.5) is 0 Å². The van der Waals surface area contributed by atoms with Crippen molar-refractivity contribution in [3.05, 3.63) is 35.9 Å². The first-order chi connectivity index (χ1) is 9.08. The molecule has 0 fully saturated rings. The van der Waals surface area contributed by atoms with Crippen LogP contribution in [0, 0.1) is 6.92 Å². The zero-order valence-electron chi connectivity index (χ0n) is 11.8. The molecule has 0 saturated carbocycles. The van der Waals surface area contributed by atoms with Crippen LogP contribution in [0.2, 0.25) is 0 Å². The van der Waals surface area contributed by atoms with E-state index in [0.29, 0.717) is 12.6 Å². The Morgan fingerprint density at radius 1 is 1.26 bits per heavy atom. The third kappa shape index (κ3) is 3.47. The summed E-state index contributed by atoms with van der Waals surface area (Å²) < 4.78 is 12.7. The normalized spacial score (nSPS) is 10.8. The first-order valence-electron chi connectivity index (χ1n) is 6.27. The van der Waals surface area contributed by atoms with Crippen molar-refractivity contribution in [3.63, 3.8) is 0 Å². The molecule has 0 unspecified atom stereocenters. The number of ether oxygens (including phenoxy) is 2. The predicted molar refractivity (Wildman–Crippen MR) is 72.5 cm³/mol. The van der Waals surface area contributed by atoms with E-state index >= 15 is 0 Å². The van der Waals surface area contributed by atoms with Crippen LogP contribution < -0.4 is 9.47 Å². The van der Waals surface area contributed by atoms with E-state index in [2.05, 4.69) is 23.9 Å². The lowest BCUT2D eigenvalue weighted by Gasteiger charge is -2.07.